The lowest BCUT2D eigenvalue weighted by Crippen LogP contribution is -2.42. The van der Waals surface area contributed by atoms with Crippen LogP contribution in [0.5, 0.6) is 0 Å². The Labute approximate surface area is 125 Å². The molecule has 0 fully saturated rings. The summed E-state index contributed by atoms with van der Waals surface area (Å²) in [5.41, 5.74) is 3.23. The topological polar surface area (TPSA) is 15.3 Å². The zero-order chi connectivity index (χ0) is 15.0. The molecule has 0 aliphatic heterocycles. The van der Waals surface area contributed by atoms with Crippen LogP contribution >= 0.6 is 0 Å². The van der Waals surface area contributed by atoms with Crippen molar-refractivity contribution in [1.82, 2.24) is 10.2 Å². The molecular formula is C18H32N2. The van der Waals surface area contributed by atoms with Crippen molar-refractivity contribution >= 4 is 0 Å². The van der Waals surface area contributed by atoms with E-state index in [0.29, 0.717) is 5.41 Å². The van der Waals surface area contributed by atoms with Crippen molar-refractivity contribution in [2.24, 2.45) is 5.41 Å². The van der Waals surface area contributed by atoms with Crippen molar-refractivity contribution in [2.75, 3.05) is 26.7 Å². The number of aryl methyl sites for hydroxylation is 1. The van der Waals surface area contributed by atoms with Crippen LogP contribution in [0.2, 0.25) is 0 Å². The van der Waals surface area contributed by atoms with E-state index in [1.165, 1.54) is 24.0 Å². The Hall–Kier alpha value is -0.860. The summed E-state index contributed by atoms with van der Waals surface area (Å²) in [6, 6.07) is 8.71. The zero-order valence-electron chi connectivity index (χ0n) is 14.0. The first kappa shape index (κ1) is 17.2. The number of nitrogens with zero attached hydrogens (tertiary/aromatic N) is 1. The molecule has 0 aliphatic rings. The predicted octanol–water partition coefficient (Wildman–Crippen LogP) is 3.84. The molecule has 0 saturated heterocycles. The predicted molar refractivity (Wildman–Crippen MR) is 89.1 cm³/mol. The Bertz CT molecular complexity index is 383. The van der Waals surface area contributed by atoms with Crippen LogP contribution in [0.3, 0.4) is 0 Å². The fourth-order valence-electron chi connectivity index (χ4n) is 2.88. The Balaban J connectivity index is 2.66. The highest BCUT2D eigenvalue weighted by Gasteiger charge is 2.27. The van der Waals surface area contributed by atoms with Gasteiger partial charge in [0, 0.05) is 19.6 Å². The summed E-state index contributed by atoms with van der Waals surface area (Å²) < 4.78 is 0. The van der Waals surface area contributed by atoms with Gasteiger partial charge in [-0.15, -0.1) is 0 Å². The summed E-state index contributed by atoms with van der Waals surface area (Å²) in [5, 5.41) is 3.54. The molecule has 1 aromatic rings. The summed E-state index contributed by atoms with van der Waals surface area (Å²) in [7, 11) is 2.25. The van der Waals surface area contributed by atoms with Crippen molar-refractivity contribution in [3.05, 3.63) is 35.4 Å². The average molecular weight is 276 g/mol. The monoisotopic (exact) mass is 276 g/mol. The van der Waals surface area contributed by atoms with Crippen LogP contribution in [0.1, 0.15) is 44.7 Å². The van der Waals surface area contributed by atoms with Gasteiger partial charge in [-0.05, 0) is 49.9 Å². The maximum absolute atomic E-state index is 3.54. The highest BCUT2D eigenvalue weighted by Crippen LogP contribution is 2.27. The van der Waals surface area contributed by atoms with E-state index in [9.17, 15) is 0 Å². The number of rotatable bonds is 9. The molecule has 1 N–H and O–H groups in total. The van der Waals surface area contributed by atoms with E-state index < -0.39 is 0 Å². The van der Waals surface area contributed by atoms with E-state index >= 15 is 0 Å². The largest absolute Gasteiger partial charge is 0.316 e. The highest BCUT2D eigenvalue weighted by molar-refractivity contribution is 5.25. The standard InChI is InChI=1S/C18H32N2/c1-6-18(7-2,14-19-8-3)15-20(5)13-17-12-10-9-11-16(17)4/h9-12,19H,6-8,13-15H2,1-5H3. The van der Waals surface area contributed by atoms with Gasteiger partial charge in [0.15, 0.2) is 0 Å². The van der Waals surface area contributed by atoms with E-state index in [2.05, 4.69) is 69.2 Å². The van der Waals surface area contributed by atoms with Crippen LogP contribution in [-0.4, -0.2) is 31.6 Å². The van der Waals surface area contributed by atoms with Crippen LogP contribution in [-0.2, 0) is 6.54 Å². The Morgan fingerprint density at radius 3 is 2.30 bits per heavy atom. The van der Waals surface area contributed by atoms with E-state index in [1.807, 2.05) is 0 Å². The van der Waals surface area contributed by atoms with E-state index in [0.717, 1.165) is 26.2 Å². The van der Waals surface area contributed by atoms with Crippen molar-refractivity contribution in [2.45, 2.75) is 47.1 Å². The molecule has 0 saturated carbocycles. The average Bonchev–Trinajstić information content (AvgIpc) is 2.46. The zero-order valence-corrected chi connectivity index (χ0v) is 14.0. The third-order valence-electron chi connectivity index (χ3n) is 4.56. The van der Waals surface area contributed by atoms with Gasteiger partial charge in [0.2, 0.25) is 0 Å². The second-order valence-electron chi connectivity index (χ2n) is 6.09. The van der Waals surface area contributed by atoms with Gasteiger partial charge in [0.25, 0.3) is 0 Å². The molecule has 0 unspecified atom stereocenters. The molecule has 0 radical (unpaired) electrons. The van der Waals surface area contributed by atoms with Gasteiger partial charge in [-0.25, -0.2) is 0 Å². The first-order valence-corrected chi connectivity index (χ1v) is 8.00. The van der Waals surface area contributed by atoms with Gasteiger partial charge in [0.05, 0.1) is 0 Å². The molecule has 0 aliphatic carbocycles. The molecule has 1 aromatic carbocycles. The first-order valence-electron chi connectivity index (χ1n) is 8.00. The smallest absolute Gasteiger partial charge is 0.0233 e. The van der Waals surface area contributed by atoms with Crippen LogP contribution in [0.4, 0.5) is 0 Å². The van der Waals surface area contributed by atoms with Gasteiger partial charge < -0.3 is 10.2 Å². The van der Waals surface area contributed by atoms with Crippen LogP contribution < -0.4 is 5.32 Å². The summed E-state index contributed by atoms with van der Waals surface area (Å²) in [6.45, 7) is 13.4. The molecule has 0 bridgehead atoms. The maximum Gasteiger partial charge on any atom is 0.0233 e. The van der Waals surface area contributed by atoms with Crippen LogP contribution in [0.15, 0.2) is 24.3 Å². The van der Waals surface area contributed by atoms with Crippen molar-refractivity contribution in [3.63, 3.8) is 0 Å². The van der Waals surface area contributed by atoms with Crippen molar-refractivity contribution in [1.29, 1.82) is 0 Å². The third kappa shape index (κ3) is 4.92. The lowest BCUT2D eigenvalue weighted by Gasteiger charge is -2.36. The van der Waals surface area contributed by atoms with Crippen molar-refractivity contribution in [3.8, 4) is 0 Å². The molecule has 0 heterocycles. The lowest BCUT2D eigenvalue weighted by atomic mass is 9.81. The quantitative estimate of drug-likeness (QED) is 0.737. The molecule has 2 nitrogen and oxygen atoms in total. The summed E-state index contributed by atoms with van der Waals surface area (Å²) in [4.78, 5) is 2.48. The Morgan fingerprint density at radius 1 is 1.10 bits per heavy atom. The Kier molecular flexibility index (Phi) is 7.25. The fourth-order valence-corrected chi connectivity index (χ4v) is 2.88. The molecule has 0 aromatic heterocycles. The molecule has 1 rings (SSSR count). The minimum absolute atomic E-state index is 0.396. The number of nitrogens with one attached hydrogen (secondary N) is 1. The SMILES string of the molecule is CCNCC(CC)(CC)CN(C)Cc1ccccc1C. The summed E-state index contributed by atoms with van der Waals surface area (Å²) >= 11 is 0. The molecular weight excluding hydrogens is 244 g/mol. The number of benzene rings is 1. The lowest BCUT2D eigenvalue weighted by molar-refractivity contribution is 0.151. The molecule has 114 valence electrons. The molecule has 0 spiro atoms. The Morgan fingerprint density at radius 2 is 1.75 bits per heavy atom. The van der Waals surface area contributed by atoms with Gasteiger partial charge in [-0.3, -0.25) is 0 Å². The number of hydrogen-bond donors (Lipinski definition) is 1. The van der Waals surface area contributed by atoms with Crippen LogP contribution in [0.25, 0.3) is 0 Å². The van der Waals surface area contributed by atoms with Gasteiger partial charge in [0.1, 0.15) is 0 Å². The highest BCUT2D eigenvalue weighted by atomic mass is 15.1. The van der Waals surface area contributed by atoms with E-state index in [-0.39, 0.29) is 0 Å². The summed E-state index contributed by atoms with van der Waals surface area (Å²) in [6.07, 6.45) is 2.46. The van der Waals surface area contributed by atoms with E-state index in [4.69, 9.17) is 0 Å². The van der Waals surface area contributed by atoms with Gasteiger partial charge in [-0.1, -0.05) is 45.0 Å². The van der Waals surface area contributed by atoms with Crippen molar-refractivity contribution < 1.29 is 0 Å². The van der Waals surface area contributed by atoms with Gasteiger partial charge in [-0.2, -0.15) is 0 Å². The minimum atomic E-state index is 0.396. The molecule has 0 amide bonds. The first-order chi connectivity index (χ1) is 9.56. The van der Waals surface area contributed by atoms with Gasteiger partial charge >= 0.3 is 0 Å². The fraction of sp³-hybridized carbons (Fsp3) is 0.667. The normalized spacial score (nSPS) is 12.1. The summed E-state index contributed by atoms with van der Waals surface area (Å²) in [5.74, 6) is 0. The second-order valence-corrected chi connectivity index (χ2v) is 6.09. The number of hydrogen-bond acceptors (Lipinski definition) is 2. The van der Waals surface area contributed by atoms with Crippen LogP contribution in [0, 0.1) is 12.3 Å². The molecule has 20 heavy (non-hydrogen) atoms. The van der Waals surface area contributed by atoms with E-state index in [1.54, 1.807) is 0 Å². The maximum atomic E-state index is 3.54. The molecule has 0 atom stereocenters. The third-order valence-corrected chi connectivity index (χ3v) is 4.56. The second kappa shape index (κ2) is 8.43. The molecule has 2 heteroatoms. The minimum Gasteiger partial charge on any atom is -0.316 e.